The van der Waals surface area contributed by atoms with E-state index in [9.17, 15) is 31.9 Å². The van der Waals surface area contributed by atoms with E-state index >= 15 is 8.78 Å². The number of hydrogen-bond acceptors (Lipinski definition) is 7. The van der Waals surface area contributed by atoms with Crippen LogP contribution in [0.25, 0.3) is 22.0 Å². The van der Waals surface area contributed by atoms with E-state index in [1.54, 1.807) is 42.3 Å². The lowest BCUT2D eigenvalue weighted by Gasteiger charge is -2.23. The first-order valence-electron chi connectivity index (χ1n) is 16.7. The number of alkyl halides is 5. The molecule has 9 nitrogen and oxygen atoms in total. The Bertz CT molecular complexity index is 2360. The van der Waals surface area contributed by atoms with Crippen molar-refractivity contribution in [1.29, 1.82) is 0 Å². The molecule has 1 amide bonds. The summed E-state index contributed by atoms with van der Waals surface area (Å²) in [6.07, 6.45) is -4.52. The second-order valence-electron chi connectivity index (χ2n) is 13.7. The van der Waals surface area contributed by atoms with E-state index in [1.807, 2.05) is 0 Å². The number of hydrogen-bond donors (Lipinski definition) is 3. The van der Waals surface area contributed by atoms with Gasteiger partial charge in [0.2, 0.25) is 5.91 Å². The maximum Gasteiger partial charge on any atom is 0.435 e. The number of aryl methyl sites for hydroxylation is 1. The van der Waals surface area contributed by atoms with Crippen LogP contribution in [-0.4, -0.2) is 47.4 Å². The quantitative estimate of drug-likeness (QED) is 0.0782. The molecule has 0 fully saturated rings. The Morgan fingerprint density at radius 2 is 1.78 bits per heavy atom. The van der Waals surface area contributed by atoms with Crippen molar-refractivity contribution < 1.29 is 40.6 Å². The molecule has 0 saturated heterocycles. The fraction of sp³-hybridized carbons (Fsp3) is 0.351. The van der Waals surface area contributed by atoms with Crippen molar-refractivity contribution in [3.63, 3.8) is 0 Å². The fourth-order valence-corrected chi connectivity index (χ4v) is 7.39. The number of aromatic nitrogens is 5. The number of benzene rings is 2. The number of aliphatic hydroxyl groups is 1. The second kappa shape index (κ2) is 14.7. The normalized spacial score (nSPS) is 15.8. The lowest BCUT2D eigenvalue weighted by Crippen LogP contribution is -2.35. The minimum Gasteiger partial charge on any atom is -0.378 e. The fourth-order valence-electron chi connectivity index (χ4n) is 6.81. The molecule has 55 heavy (non-hydrogen) atoms. The second-order valence-corrected chi connectivity index (χ2v) is 14.7. The third-order valence-corrected chi connectivity index (χ3v) is 9.54. The van der Waals surface area contributed by atoms with Crippen LogP contribution >= 0.6 is 23.5 Å². The zero-order valence-electron chi connectivity index (χ0n) is 29.8. The zero-order valence-corrected chi connectivity index (χ0v) is 31.4. The summed E-state index contributed by atoms with van der Waals surface area (Å²) < 4.78 is 106. The van der Waals surface area contributed by atoms with Gasteiger partial charge in [0, 0.05) is 42.5 Å². The number of nitrogens with one attached hydrogen (secondary N) is 2. The molecule has 1 aliphatic rings. The molecule has 1 aliphatic carbocycles. The molecule has 0 aliphatic heterocycles. The zero-order chi connectivity index (χ0) is 40.2. The Labute approximate surface area is 319 Å². The molecule has 5 aromatic rings. The van der Waals surface area contributed by atoms with Crippen LogP contribution in [0, 0.1) is 23.5 Å². The number of amides is 1. The molecule has 0 bridgehead atoms. The molecule has 2 atom stereocenters. The van der Waals surface area contributed by atoms with Gasteiger partial charge in [0.25, 0.3) is 5.92 Å². The summed E-state index contributed by atoms with van der Waals surface area (Å²) in [5.74, 6) is -1.94. The molecule has 3 aromatic heterocycles. The van der Waals surface area contributed by atoms with Gasteiger partial charge in [-0.15, -0.1) is 0 Å². The van der Waals surface area contributed by atoms with E-state index in [1.165, 1.54) is 32.7 Å². The maximum atomic E-state index is 15.2. The smallest absolute Gasteiger partial charge is 0.378 e. The lowest BCUT2D eigenvalue weighted by molar-refractivity contribution is -0.142. The first-order valence-corrected chi connectivity index (χ1v) is 18.3. The molecule has 0 radical (unpaired) electrons. The first kappa shape index (κ1) is 39.9. The van der Waals surface area contributed by atoms with Crippen LogP contribution in [-0.2, 0) is 36.9 Å². The number of nitrogens with zero attached hydrogens (tertiary/aromatic N) is 5. The lowest BCUT2D eigenvalue weighted by atomic mass is 9.93. The van der Waals surface area contributed by atoms with E-state index in [-0.39, 0.29) is 23.4 Å². The number of rotatable bonds is 9. The minimum atomic E-state index is -5.07. The molecule has 6 rings (SSSR count). The molecule has 2 aromatic carbocycles. The SMILES string of the molecule is CSNc1nn(C)c2c(-c3ccc(C#CC(C)(C)O)nc3C(Cc3cc(F)cc(F)c3)NC(=O)Cn3nc(C(F)(F)F)c4c3C(F)(F)C[C@@H]4C)ccc(Cl)c12. The summed E-state index contributed by atoms with van der Waals surface area (Å²) in [7, 11) is 1.67. The Balaban J connectivity index is 1.53. The average molecular weight is 808 g/mol. The van der Waals surface area contributed by atoms with E-state index in [0.717, 1.165) is 12.1 Å². The monoisotopic (exact) mass is 807 g/mol. The van der Waals surface area contributed by atoms with Gasteiger partial charge in [0.15, 0.2) is 11.5 Å². The van der Waals surface area contributed by atoms with Gasteiger partial charge in [-0.3, -0.25) is 14.2 Å². The highest BCUT2D eigenvalue weighted by Crippen LogP contribution is 2.52. The average Bonchev–Trinajstić information content (AvgIpc) is 3.69. The van der Waals surface area contributed by atoms with Gasteiger partial charge in [-0.1, -0.05) is 42.5 Å². The summed E-state index contributed by atoms with van der Waals surface area (Å²) >= 11 is 7.92. The summed E-state index contributed by atoms with van der Waals surface area (Å²) in [5, 5.41) is 21.8. The number of pyridine rings is 1. The van der Waals surface area contributed by atoms with Gasteiger partial charge in [0.05, 0.1) is 27.7 Å². The van der Waals surface area contributed by atoms with E-state index in [0.29, 0.717) is 43.6 Å². The van der Waals surface area contributed by atoms with Crippen molar-refractivity contribution in [1.82, 2.24) is 29.9 Å². The predicted octanol–water partition coefficient (Wildman–Crippen LogP) is 8.29. The minimum absolute atomic E-state index is 0.0523. The third kappa shape index (κ3) is 8.26. The highest BCUT2D eigenvalue weighted by molar-refractivity contribution is 7.99. The number of carbonyl (C=O) groups excluding carboxylic acids is 1. The van der Waals surface area contributed by atoms with Crippen molar-refractivity contribution in [3.05, 3.63) is 93.0 Å². The number of halogens is 8. The third-order valence-electron chi connectivity index (χ3n) is 8.83. The van der Waals surface area contributed by atoms with Gasteiger partial charge < -0.3 is 15.1 Å². The van der Waals surface area contributed by atoms with Gasteiger partial charge in [-0.25, -0.2) is 13.8 Å². The standard InChI is InChI=1S/C37H33ClF7N7O2S/c1-18-16-36(41,42)33-28(18)32(37(43,44)45)48-52(33)17-27(53)47-26(14-19-12-20(39)15-21(40)13-19)30-23(7-6-22(46-30)10-11-35(2,3)54)24-8-9-25(38)29-31(24)51(4)49-34(29)50-55-5/h6-9,12-13,15,18,26,54H,14,16-17H2,1-5H3,(H,47,53)(H,49,50)/t18-,26?/m0/s1. The van der Waals surface area contributed by atoms with E-state index < -0.39 is 77.1 Å². The van der Waals surface area contributed by atoms with Crippen LogP contribution < -0.4 is 10.0 Å². The molecule has 290 valence electrons. The largest absolute Gasteiger partial charge is 0.435 e. The molecule has 1 unspecified atom stereocenters. The Kier molecular flexibility index (Phi) is 10.7. The van der Waals surface area contributed by atoms with Crippen molar-refractivity contribution in [2.24, 2.45) is 7.05 Å². The molecule has 3 heterocycles. The van der Waals surface area contributed by atoms with Crippen LogP contribution in [0.15, 0.2) is 42.5 Å². The number of carbonyl (C=O) groups is 1. The van der Waals surface area contributed by atoms with Crippen LogP contribution in [0.4, 0.5) is 36.6 Å². The topological polar surface area (TPSA) is 110 Å². The van der Waals surface area contributed by atoms with Gasteiger partial charge in [0.1, 0.15) is 35.2 Å². The van der Waals surface area contributed by atoms with Crippen molar-refractivity contribution >= 4 is 46.2 Å². The van der Waals surface area contributed by atoms with Gasteiger partial charge in [-0.05, 0) is 68.0 Å². The Morgan fingerprint density at radius 1 is 1.11 bits per heavy atom. The Morgan fingerprint density at radius 3 is 2.42 bits per heavy atom. The first-order chi connectivity index (χ1) is 25.7. The molecular weight excluding hydrogens is 775 g/mol. The summed E-state index contributed by atoms with van der Waals surface area (Å²) in [4.78, 5) is 18.6. The summed E-state index contributed by atoms with van der Waals surface area (Å²) in [5.41, 5.74) is -3.04. The van der Waals surface area contributed by atoms with Crippen LogP contribution in [0.5, 0.6) is 0 Å². The predicted molar refractivity (Wildman–Crippen MR) is 194 cm³/mol. The molecule has 0 saturated carbocycles. The molecular formula is C37H33ClF7N7O2S. The van der Waals surface area contributed by atoms with Crippen molar-refractivity contribution in [2.45, 2.75) is 69.8 Å². The van der Waals surface area contributed by atoms with E-state index in [2.05, 4.69) is 32.1 Å². The van der Waals surface area contributed by atoms with Crippen molar-refractivity contribution in [3.8, 4) is 23.0 Å². The van der Waals surface area contributed by atoms with Gasteiger partial charge >= 0.3 is 6.18 Å². The van der Waals surface area contributed by atoms with Crippen LogP contribution in [0.2, 0.25) is 5.02 Å². The summed E-state index contributed by atoms with van der Waals surface area (Å²) in [6, 6.07) is 7.86. The van der Waals surface area contributed by atoms with E-state index in [4.69, 9.17) is 16.6 Å². The molecule has 18 heteroatoms. The molecule has 0 spiro atoms. The van der Waals surface area contributed by atoms with Gasteiger partial charge in [-0.2, -0.15) is 32.1 Å². The summed E-state index contributed by atoms with van der Waals surface area (Å²) in [6.45, 7) is 3.07. The number of anilines is 1. The molecule has 3 N–H and O–H groups in total. The number of fused-ring (bicyclic) bond motifs is 2. The van der Waals surface area contributed by atoms with Crippen molar-refractivity contribution in [2.75, 3.05) is 11.0 Å². The maximum absolute atomic E-state index is 15.2. The van der Waals surface area contributed by atoms with Crippen LogP contribution in [0.3, 0.4) is 0 Å². The highest BCUT2D eigenvalue weighted by Gasteiger charge is 2.53. The Hall–Kier alpha value is -4.79. The highest BCUT2D eigenvalue weighted by atomic mass is 35.5. The van der Waals surface area contributed by atoms with Crippen LogP contribution in [0.1, 0.15) is 73.1 Å².